The molecule has 0 unspecified atom stereocenters. The van der Waals surface area contributed by atoms with Crippen molar-refractivity contribution >= 4 is 27.7 Å². The van der Waals surface area contributed by atoms with Gasteiger partial charge in [-0.15, -0.1) is 11.8 Å². The van der Waals surface area contributed by atoms with Crippen LogP contribution in [0.15, 0.2) is 51.8 Å². The zero-order valence-corrected chi connectivity index (χ0v) is 11.1. The first-order chi connectivity index (χ1) is 7.78. The van der Waals surface area contributed by atoms with Crippen LogP contribution in [-0.2, 0) is 0 Å². The predicted molar refractivity (Wildman–Crippen MR) is 71.3 cm³/mol. The van der Waals surface area contributed by atoms with Crippen LogP contribution in [-0.4, -0.2) is 6.26 Å². The lowest BCUT2D eigenvalue weighted by Gasteiger charge is -2.06. The molecule has 0 aromatic heterocycles. The Bertz CT molecular complexity index is 468. The quantitative estimate of drug-likeness (QED) is 0.755. The summed E-state index contributed by atoms with van der Waals surface area (Å²) in [6.45, 7) is 0. The SMILES string of the molecule is CSc1ccc(Oc2cc[c]c(Br)c2)cc1. The lowest BCUT2D eigenvalue weighted by Crippen LogP contribution is -1.83. The van der Waals surface area contributed by atoms with Gasteiger partial charge in [-0.3, -0.25) is 0 Å². The van der Waals surface area contributed by atoms with E-state index in [9.17, 15) is 0 Å². The molecule has 0 spiro atoms. The average molecular weight is 294 g/mol. The molecule has 0 saturated carbocycles. The second-order valence-electron chi connectivity index (χ2n) is 3.15. The molecule has 0 amide bonds. The van der Waals surface area contributed by atoms with Crippen molar-refractivity contribution < 1.29 is 4.74 Å². The molecule has 0 bridgehead atoms. The minimum absolute atomic E-state index is 0.808. The van der Waals surface area contributed by atoms with E-state index in [4.69, 9.17) is 4.74 Å². The topological polar surface area (TPSA) is 9.23 Å². The molecule has 0 heterocycles. The maximum Gasteiger partial charge on any atom is 0.128 e. The zero-order valence-electron chi connectivity index (χ0n) is 8.74. The Kier molecular flexibility index (Phi) is 3.91. The first-order valence-corrected chi connectivity index (χ1v) is 6.79. The third-order valence-corrected chi connectivity index (χ3v) is 3.23. The summed E-state index contributed by atoms with van der Waals surface area (Å²) in [4.78, 5) is 1.23. The minimum Gasteiger partial charge on any atom is -0.457 e. The highest BCUT2D eigenvalue weighted by molar-refractivity contribution is 9.10. The first-order valence-electron chi connectivity index (χ1n) is 4.77. The smallest absolute Gasteiger partial charge is 0.128 e. The molecule has 2 aromatic rings. The molecule has 81 valence electrons. The van der Waals surface area contributed by atoms with Crippen LogP contribution in [0.25, 0.3) is 0 Å². The van der Waals surface area contributed by atoms with E-state index in [-0.39, 0.29) is 0 Å². The van der Waals surface area contributed by atoms with Crippen LogP contribution >= 0.6 is 27.7 Å². The molecule has 0 N–H and O–H groups in total. The summed E-state index contributed by atoms with van der Waals surface area (Å²) in [5.74, 6) is 1.65. The van der Waals surface area contributed by atoms with Gasteiger partial charge in [-0.05, 0) is 54.8 Å². The molecule has 1 nitrogen and oxygen atoms in total. The second-order valence-corrected chi connectivity index (χ2v) is 4.88. The highest BCUT2D eigenvalue weighted by Crippen LogP contribution is 2.25. The first kappa shape index (κ1) is 11.6. The fourth-order valence-corrected chi connectivity index (χ4v) is 2.03. The Morgan fingerprint density at radius 3 is 2.50 bits per heavy atom. The summed E-state index contributed by atoms with van der Waals surface area (Å²) in [5.41, 5.74) is 0. The van der Waals surface area contributed by atoms with Crippen LogP contribution in [0.1, 0.15) is 0 Å². The van der Waals surface area contributed by atoms with Gasteiger partial charge in [-0.2, -0.15) is 0 Å². The largest absolute Gasteiger partial charge is 0.457 e. The van der Waals surface area contributed by atoms with Crippen molar-refractivity contribution in [3.05, 3.63) is 53.0 Å². The molecule has 2 aromatic carbocycles. The number of halogens is 1. The molecule has 16 heavy (non-hydrogen) atoms. The van der Waals surface area contributed by atoms with Crippen LogP contribution in [0.3, 0.4) is 0 Å². The van der Waals surface area contributed by atoms with Gasteiger partial charge in [0.1, 0.15) is 11.5 Å². The third-order valence-electron chi connectivity index (χ3n) is 2.03. The van der Waals surface area contributed by atoms with E-state index in [2.05, 4.69) is 28.3 Å². The van der Waals surface area contributed by atoms with Gasteiger partial charge in [0.05, 0.1) is 0 Å². The Balaban J connectivity index is 2.14. The standard InChI is InChI=1S/C13H10BrOS/c1-16-13-7-5-11(6-8-13)15-12-4-2-3-10(14)9-12/h2,4-9H,1H3. The van der Waals surface area contributed by atoms with Crippen molar-refractivity contribution in [2.24, 2.45) is 0 Å². The maximum absolute atomic E-state index is 5.70. The van der Waals surface area contributed by atoms with Crippen LogP contribution in [0.5, 0.6) is 11.5 Å². The Labute approximate surface area is 108 Å². The predicted octanol–water partition coefficient (Wildman–Crippen LogP) is 4.76. The highest BCUT2D eigenvalue weighted by atomic mass is 79.9. The van der Waals surface area contributed by atoms with Crippen molar-refractivity contribution in [1.82, 2.24) is 0 Å². The molecule has 1 radical (unpaired) electrons. The van der Waals surface area contributed by atoms with Gasteiger partial charge in [-0.25, -0.2) is 0 Å². The Morgan fingerprint density at radius 1 is 1.12 bits per heavy atom. The lowest BCUT2D eigenvalue weighted by atomic mass is 10.3. The molecule has 0 aliphatic heterocycles. The number of hydrogen-bond acceptors (Lipinski definition) is 2. The third kappa shape index (κ3) is 3.03. The van der Waals surface area contributed by atoms with Crippen molar-refractivity contribution in [2.75, 3.05) is 6.26 Å². The summed E-state index contributed by atoms with van der Waals surface area (Å²) in [5, 5.41) is 0. The molecular weight excluding hydrogens is 284 g/mol. The Hall–Kier alpha value is -0.930. The van der Waals surface area contributed by atoms with Gasteiger partial charge in [0.15, 0.2) is 0 Å². The van der Waals surface area contributed by atoms with Gasteiger partial charge < -0.3 is 4.74 Å². The number of thioether (sulfide) groups is 1. The van der Waals surface area contributed by atoms with Crippen LogP contribution in [0, 0.1) is 6.07 Å². The normalized spacial score (nSPS) is 10.1. The number of benzene rings is 2. The minimum atomic E-state index is 0.808. The molecule has 0 aliphatic rings. The summed E-state index contributed by atoms with van der Waals surface area (Å²) < 4.78 is 6.59. The molecule has 3 heteroatoms. The number of hydrogen-bond donors (Lipinski definition) is 0. The molecule has 0 atom stereocenters. The summed E-state index contributed by atoms with van der Waals surface area (Å²) in [6, 6.07) is 16.6. The van der Waals surface area contributed by atoms with Crippen molar-refractivity contribution in [2.45, 2.75) is 4.90 Å². The van der Waals surface area contributed by atoms with Crippen molar-refractivity contribution in [3.8, 4) is 11.5 Å². The van der Waals surface area contributed by atoms with E-state index < -0.39 is 0 Å². The monoisotopic (exact) mass is 293 g/mol. The van der Waals surface area contributed by atoms with Crippen LogP contribution in [0.4, 0.5) is 0 Å². The summed E-state index contributed by atoms with van der Waals surface area (Å²) in [7, 11) is 0. The molecule has 0 fully saturated rings. The summed E-state index contributed by atoms with van der Waals surface area (Å²) in [6.07, 6.45) is 2.06. The lowest BCUT2D eigenvalue weighted by molar-refractivity contribution is 0.482. The van der Waals surface area contributed by atoms with Crippen LogP contribution in [0.2, 0.25) is 0 Å². The van der Waals surface area contributed by atoms with E-state index in [1.165, 1.54) is 4.90 Å². The summed E-state index contributed by atoms with van der Waals surface area (Å²) >= 11 is 5.08. The number of ether oxygens (including phenoxy) is 1. The van der Waals surface area contributed by atoms with E-state index in [1.807, 2.05) is 42.5 Å². The molecule has 0 saturated heterocycles. The number of rotatable bonds is 3. The maximum atomic E-state index is 5.70. The molecular formula is C13H10BrOS. The van der Waals surface area contributed by atoms with E-state index in [1.54, 1.807) is 11.8 Å². The van der Waals surface area contributed by atoms with E-state index in [0.717, 1.165) is 16.0 Å². The fraction of sp³-hybridized carbons (Fsp3) is 0.0769. The van der Waals surface area contributed by atoms with Gasteiger partial charge in [-0.1, -0.05) is 15.9 Å². The van der Waals surface area contributed by atoms with Gasteiger partial charge >= 0.3 is 0 Å². The Morgan fingerprint density at radius 2 is 1.88 bits per heavy atom. The van der Waals surface area contributed by atoms with Gasteiger partial charge in [0.25, 0.3) is 0 Å². The molecule has 2 rings (SSSR count). The molecule has 0 aliphatic carbocycles. The van der Waals surface area contributed by atoms with Gasteiger partial charge in [0.2, 0.25) is 0 Å². The fourth-order valence-electron chi connectivity index (χ4n) is 1.26. The average Bonchev–Trinajstić information content (AvgIpc) is 2.30. The second kappa shape index (κ2) is 5.41. The van der Waals surface area contributed by atoms with Crippen molar-refractivity contribution in [1.29, 1.82) is 0 Å². The zero-order chi connectivity index (χ0) is 11.4. The highest BCUT2D eigenvalue weighted by Gasteiger charge is 1.98. The van der Waals surface area contributed by atoms with Gasteiger partial charge in [0, 0.05) is 9.37 Å². The van der Waals surface area contributed by atoms with E-state index >= 15 is 0 Å². The van der Waals surface area contributed by atoms with Crippen LogP contribution < -0.4 is 4.74 Å². The van der Waals surface area contributed by atoms with E-state index in [0.29, 0.717) is 0 Å². The van der Waals surface area contributed by atoms with Crippen molar-refractivity contribution in [3.63, 3.8) is 0 Å².